The highest BCUT2D eigenvalue weighted by atomic mass is 32.1. The van der Waals surface area contributed by atoms with Gasteiger partial charge in [-0.2, -0.15) is 5.10 Å². The van der Waals surface area contributed by atoms with Gasteiger partial charge in [0.05, 0.1) is 11.9 Å². The molecular formula is C14H9F2N3S2. The van der Waals surface area contributed by atoms with E-state index in [4.69, 9.17) is 0 Å². The Morgan fingerprint density at radius 2 is 2.10 bits per heavy atom. The van der Waals surface area contributed by atoms with Crippen LogP contribution in [0.5, 0.6) is 0 Å². The van der Waals surface area contributed by atoms with E-state index in [2.05, 4.69) is 15.5 Å². The summed E-state index contributed by atoms with van der Waals surface area (Å²) >= 11 is 2.87. The summed E-state index contributed by atoms with van der Waals surface area (Å²) in [5.41, 5.74) is 3.51. The first-order valence-corrected chi connectivity index (χ1v) is 7.72. The maximum atomic E-state index is 13.7. The summed E-state index contributed by atoms with van der Waals surface area (Å²) in [7, 11) is 0. The highest BCUT2D eigenvalue weighted by Gasteiger charge is 2.10. The number of nitrogens with one attached hydrogen (secondary N) is 1. The van der Waals surface area contributed by atoms with Crippen molar-refractivity contribution in [2.75, 3.05) is 5.43 Å². The summed E-state index contributed by atoms with van der Waals surface area (Å²) in [5, 5.41) is 8.25. The number of benzene rings is 1. The summed E-state index contributed by atoms with van der Waals surface area (Å²) < 4.78 is 26.5. The molecular weight excluding hydrogens is 312 g/mol. The third kappa shape index (κ3) is 3.32. The zero-order valence-corrected chi connectivity index (χ0v) is 12.2. The van der Waals surface area contributed by atoms with Crippen LogP contribution >= 0.6 is 22.7 Å². The van der Waals surface area contributed by atoms with Gasteiger partial charge in [0.1, 0.15) is 11.6 Å². The fraction of sp³-hybridized carbons (Fsp3) is 0. The normalized spacial score (nSPS) is 11.1. The van der Waals surface area contributed by atoms with Crippen molar-refractivity contribution in [3.8, 4) is 11.3 Å². The molecule has 0 saturated carbocycles. The van der Waals surface area contributed by atoms with Crippen molar-refractivity contribution in [1.29, 1.82) is 0 Å². The molecule has 0 aliphatic rings. The van der Waals surface area contributed by atoms with Crippen LogP contribution in [0.3, 0.4) is 0 Å². The van der Waals surface area contributed by atoms with E-state index in [1.54, 1.807) is 22.9 Å². The van der Waals surface area contributed by atoms with Gasteiger partial charge in [-0.15, -0.1) is 22.7 Å². The number of hydrogen-bond acceptors (Lipinski definition) is 5. The van der Waals surface area contributed by atoms with Gasteiger partial charge in [0, 0.05) is 21.9 Å². The van der Waals surface area contributed by atoms with Crippen LogP contribution in [-0.2, 0) is 0 Å². The van der Waals surface area contributed by atoms with Crippen LogP contribution in [0.25, 0.3) is 11.3 Å². The van der Waals surface area contributed by atoms with Crippen LogP contribution in [0.4, 0.5) is 13.9 Å². The van der Waals surface area contributed by atoms with Crippen molar-refractivity contribution in [1.82, 2.24) is 4.98 Å². The lowest BCUT2D eigenvalue weighted by molar-refractivity contribution is 0.585. The predicted octanol–water partition coefficient (Wildman–Crippen LogP) is 4.60. The lowest BCUT2D eigenvalue weighted by Gasteiger charge is -1.98. The number of thiazole rings is 1. The maximum absolute atomic E-state index is 13.7. The topological polar surface area (TPSA) is 37.3 Å². The summed E-state index contributed by atoms with van der Waals surface area (Å²) in [6, 6.07) is 7.30. The Morgan fingerprint density at radius 3 is 2.86 bits per heavy atom. The Labute approximate surface area is 127 Å². The van der Waals surface area contributed by atoms with Gasteiger partial charge in [0.2, 0.25) is 5.13 Å². The smallest absolute Gasteiger partial charge is 0.203 e. The van der Waals surface area contributed by atoms with Crippen LogP contribution in [0.2, 0.25) is 0 Å². The molecule has 3 rings (SSSR count). The number of rotatable bonds is 4. The second-order valence-corrected chi connectivity index (χ2v) is 5.88. The first kappa shape index (κ1) is 13.8. The lowest BCUT2D eigenvalue weighted by Crippen LogP contribution is -1.90. The number of halogens is 2. The van der Waals surface area contributed by atoms with E-state index in [1.807, 2.05) is 17.5 Å². The number of thiophene rings is 1. The SMILES string of the molecule is Fc1ccc(-c2csc(N/N=C/c3cccs3)n2)c(F)c1. The molecule has 7 heteroatoms. The highest BCUT2D eigenvalue weighted by molar-refractivity contribution is 7.14. The minimum atomic E-state index is -0.631. The molecule has 21 heavy (non-hydrogen) atoms. The van der Waals surface area contributed by atoms with Gasteiger partial charge < -0.3 is 0 Å². The summed E-state index contributed by atoms with van der Waals surface area (Å²) in [6.45, 7) is 0. The van der Waals surface area contributed by atoms with Gasteiger partial charge in [-0.3, -0.25) is 5.43 Å². The molecule has 3 aromatic rings. The summed E-state index contributed by atoms with van der Waals surface area (Å²) in [6.07, 6.45) is 1.68. The molecule has 0 aliphatic carbocycles. The molecule has 0 spiro atoms. The molecule has 2 aromatic heterocycles. The quantitative estimate of drug-likeness (QED) is 0.563. The second kappa shape index (κ2) is 6.11. The second-order valence-electron chi connectivity index (χ2n) is 4.05. The minimum Gasteiger partial charge on any atom is -0.253 e. The van der Waals surface area contributed by atoms with E-state index in [-0.39, 0.29) is 5.56 Å². The van der Waals surface area contributed by atoms with Crippen LogP contribution in [0.15, 0.2) is 46.2 Å². The number of hydrogen-bond donors (Lipinski definition) is 1. The molecule has 1 aromatic carbocycles. The Balaban J connectivity index is 1.74. The van der Waals surface area contributed by atoms with Gasteiger partial charge in [0.25, 0.3) is 0 Å². The van der Waals surface area contributed by atoms with Gasteiger partial charge in [-0.25, -0.2) is 13.8 Å². The Hall–Kier alpha value is -2.12. The molecule has 1 N–H and O–H groups in total. The first-order valence-electron chi connectivity index (χ1n) is 5.96. The molecule has 106 valence electrons. The zero-order valence-electron chi connectivity index (χ0n) is 10.6. The van der Waals surface area contributed by atoms with Crippen molar-refractivity contribution < 1.29 is 8.78 Å². The minimum absolute atomic E-state index is 0.267. The van der Waals surface area contributed by atoms with Crippen LogP contribution in [0, 0.1) is 11.6 Å². The number of nitrogens with zero attached hydrogens (tertiary/aromatic N) is 2. The third-order valence-electron chi connectivity index (χ3n) is 2.61. The van der Waals surface area contributed by atoms with Gasteiger partial charge in [0.15, 0.2) is 0 Å². The largest absolute Gasteiger partial charge is 0.253 e. The van der Waals surface area contributed by atoms with Crippen molar-refractivity contribution in [2.24, 2.45) is 5.10 Å². The van der Waals surface area contributed by atoms with Crippen LogP contribution in [0.1, 0.15) is 4.88 Å². The number of anilines is 1. The van der Waals surface area contributed by atoms with E-state index < -0.39 is 11.6 Å². The van der Waals surface area contributed by atoms with E-state index >= 15 is 0 Å². The van der Waals surface area contributed by atoms with Crippen molar-refractivity contribution >= 4 is 34.0 Å². The number of hydrazone groups is 1. The Bertz CT molecular complexity index is 766. The van der Waals surface area contributed by atoms with E-state index in [0.29, 0.717) is 10.8 Å². The molecule has 0 radical (unpaired) electrons. The molecule has 0 atom stereocenters. The molecule has 0 saturated heterocycles. The molecule has 0 amide bonds. The molecule has 0 unspecified atom stereocenters. The maximum Gasteiger partial charge on any atom is 0.203 e. The predicted molar refractivity (Wildman–Crippen MR) is 83.0 cm³/mol. The highest BCUT2D eigenvalue weighted by Crippen LogP contribution is 2.27. The fourth-order valence-corrected chi connectivity index (χ4v) is 2.91. The monoisotopic (exact) mass is 321 g/mol. The Kier molecular flexibility index (Phi) is 4.03. The summed E-state index contributed by atoms with van der Waals surface area (Å²) in [5.74, 6) is -1.24. The molecule has 0 fully saturated rings. The van der Waals surface area contributed by atoms with Crippen LogP contribution < -0.4 is 5.43 Å². The Morgan fingerprint density at radius 1 is 1.19 bits per heavy atom. The van der Waals surface area contributed by atoms with Crippen molar-refractivity contribution in [3.63, 3.8) is 0 Å². The van der Waals surface area contributed by atoms with Gasteiger partial charge >= 0.3 is 0 Å². The zero-order chi connectivity index (χ0) is 14.7. The molecule has 3 nitrogen and oxygen atoms in total. The summed E-state index contributed by atoms with van der Waals surface area (Å²) in [4.78, 5) is 5.24. The van der Waals surface area contributed by atoms with E-state index in [9.17, 15) is 8.78 Å². The molecule has 0 aliphatic heterocycles. The van der Waals surface area contributed by atoms with E-state index in [0.717, 1.165) is 10.9 Å². The average Bonchev–Trinajstić information content (AvgIpc) is 3.10. The van der Waals surface area contributed by atoms with Gasteiger partial charge in [-0.05, 0) is 23.6 Å². The average molecular weight is 321 g/mol. The fourth-order valence-electron chi connectivity index (χ4n) is 1.66. The molecule has 2 heterocycles. The number of aromatic nitrogens is 1. The first-order chi connectivity index (χ1) is 10.2. The standard InChI is InChI=1S/C14H9F2N3S2/c15-9-3-4-11(12(16)6-9)13-8-21-14(18-13)19-17-7-10-2-1-5-20-10/h1-8H,(H,18,19)/b17-7+. The third-order valence-corrected chi connectivity index (χ3v) is 4.16. The van der Waals surface area contributed by atoms with Crippen molar-refractivity contribution in [2.45, 2.75) is 0 Å². The lowest BCUT2D eigenvalue weighted by atomic mass is 10.1. The van der Waals surface area contributed by atoms with Crippen molar-refractivity contribution in [3.05, 3.63) is 57.6 Å². The van der Waals surface area contributed by atoms with Crippen LogP contribution in [-0.4, -0.2) is 11.2 Å². The van der Waals surface area contributed by atoms with Gasteiger partial charge in [-0.1, -0.05) is 6.07 Å². The molecule has 0 bridgehead atoms. The van der Waals surface area contributed by atoms with E-state index in [1.165, 1.54) is 23.5 Å².